The van der Waals surface area contributed by atoms with Gasteiger partial charge in [-0.25, -0.2) is 4.31 Å². The van der Waals surface area contributed by atoms with E-state index in [1.165, 1.54) is 19.0 Å². The van der Waals surface area contributed by atoms with Gasteiger partial charge in [-0.05, 0) is 67.1 Å². The van der Waals surface area contributed by atoms with Crippen LogP contribution in [0, 0.1) is 13.8 Å². The van der Waals surface area contributed by atoms with E-state index in [4.69, 9.17) is 11.6 Å². The molecule has 0 heterocycles. The number of amides is 2. The number of aryl methyl sites for hydroxylation is 2. The normalized spacial score (nSPS) is 14.5. The van der Waals surface area contributed by atoms with Gasteiger partial charge in [-0.1, -0.05) is 79.0 Å². The topological polar surface area (TPSA) is 90.0 Å². The summed E-state index contributed by atoms with van der Waals surface area (Å²) in [5.74, 6) is -0.726. The zero-order chi connectivity index (χ0) is 31.1. The van der Waals surface area contributed by atoms with Gasteiger partial charge in [-0.15, -0.1) is 0 Å². The van der Waals surface area contributed by atoms with Gasteiger partial charge >= 0.3 is 10.2 Å². The molecule has 1 N–H and O–H groups in total. The largest absolute Gasteiger partial charge is 0.352 e. The van der Waals surface area contributed by atoms with Crippen LogP contribution in [-0.4, -0.2) is 62.2 Å². The van der Waals surface area contributed by atoms with Crippen LogP contribution in [0.5, 0.6) is 0 Å². The van der Waals surface area contributed by atoms with Gasteiger partial charge in [0.25, 0.3) is 0 Å². The number of halogens is 1. The molecule has 2 amide bonds. The predicted molar refractivity (Wildman–Crippen MR) is 172 cm³/mol. The predicted octanol–water partition coefficient (Wildman–Crippen LogP) is 5.27. The molecule has 4 rings (SSSR count). The van der Waals surface area contributed by atoms with Crippen LogP contribution in [0.25, 0.3) is 0 Å². The lowest BCUT2D eigenvalue weighted by molar-refractivity contribution is -0.140. The Morgan fingerprint density at radius 3 is 2.21 bits per heavy atom. The summed E-state index contributed by atoms with van der Waals surface area (Å²) in [5.41, 5.74) is 3.67. The van der Waals surface area contributed by atoms with E-state index in [2.05, 4.69) is 5.32 Å². The van der Waals surface area contributed by atoms with Crippen LogP contribution < -0.4 is 9.62 Å². The van der Waals surface area contributed by atoms with Gasteiger partial charge in [0.1, 0.15) is 12.6 Å². The third-order valence-electron chi connectivity index (χ3n) is 7.89. The van der Waals surface area contributed by atoms with Crippen LogP contribution in [0.2, 0.25) is 5.02 Å². The summed E-state index contributed by atoms with van der Waals surface area (Å²) >= 11 is 6.15. The quantitative estimate of drug-likeness (QED) is 0.297. The summed E-state index contributed by atoms with van der Waals surface area (Å²) in [6.07, 6.45) is 4.18. The van der Waals surface area contributed by atoms with Gasteiger partial charge in [0.15, 0.2) is 0 Å². The molecule has 0 bridgehead atoms. The highest BCUT2D eigenvalue weighted by atomic mass is 35.5. The summed E-state index contributed by atoms with van der Waals surface area (Å²) in [4.78, 5) is 29.9. The van der Waals surface area contributed by atoms with Crippen molar-refractivity contribution >= 4 is 39.3 Å². The highest BCUT2D eigenvalue weighted by Gasteiger charge is 2.36. The minimum absolute atomic E-state index is 0.0545. The minimum Gasteiger partial charge on any atom is -0.352 e. The van der Waals surface area contributed by atoms with E-state index in [1.54, 1.807) is 18.2 Å². The Kier molecular flexibility index (Phi) is 10.9. The molecule has 1 aliphatic rings. The molecule has 0 aromatic heterocycles. The van der Waals surface area contributed by atoms with E-state index in [0.717, 1.165) is 51.0 Å². The Hall–Kier alpha value is -3.40. The average molecular weight is 625 g/mol. The van der Waals surface area contributed by atoms with Gasteiger partial charge < -0.3 is 10.2 Å². The van der Waals surface area contributed by atoms with Crippen LogP contribution in [0.4, 0.5) is 5.69 Å². The molecule has 8 nitrogen and oxygen atoms in total. The molecule has 0 saturated heterocycles. The first-order valence-electron chi connectivity index (χ1n) is 14.6. The van der Waals surface area contributed by atoms with Crippen LogP contribution >= 0.6 is 11.6 Å². The van der Waals surface area contributed by atoms with Crippen LogP contribution in [0.15, 0.2) is 72.8 Å². The van der Waals surface area contributed by atoms with Gasteiger partial charge in [0.2, 0.25) is 11.8 Å². The third-order valence-corrected chi connectivity index (χ3v) is 9.95. The molecular weight excluding hydrogens is 584 g/mol. The van der Waals surface area contributed by atoms with E-state index >= 15 is 0 Å². The highest BCUT2D eigenvalue weighted by Crippen LogP contribution is 2.27. The van der Waals surface area contributed by atoms with Crippen LogP contribution in [0.1, 0.15) is 47.9 Å². The minimum atomic E-state index is -4.06. The van der Waals surface area contributed by atoms with E-state index < -0.39 is 28.7 Å². The molecule has 0 spiro atoms. The molecule has 1 fully saturated rings. The SMILES string of the molecule is Cc1ccc(C)c(N(CC(=O)N(Cc2ccc(Cl)cc2)[C@H](Cc2ccccc2)C(=O)NC2CCCC2)S(=O)(=O)N(C)C)c1. The summed E-state index contributed by atoms with van der Waals surface area (Å²) in [7, 11) is -1.18. The number of carbonyl (C=O) groups excluding carboxylic acids is 2. The van der Waals surface area contributed by atoms with Crippen LogP contribution in [0.3, 0.4) is 0 Å². The van der Waals surface area contributed by atoms with Crippen LogP contribution in [-0.2, 0) is 32.8 Å². The van der Waals surface area contributed by atoms with Gasteiger partial charge in [0, 0.05) is 38.1 Å². The standard InChI is InChI=1S/C33H41ClN4O4S/c1-24-14-15-25(2)30(20-24)38(43(41,42)36(3)4)23-32(39)37(22-27-16-18-28(34)19-17-27)31(21-26-10-6-5-7-11-26)33(40)35-29-12-8-9-13-29/h5-7,10-11,14-20,29,31H,8-9,12-13,21-23H2,1-4H3,(H,35,40)/t31-/m1/s1. The van der Waals surface area contributed by atoms with Crippen molar-refractivity contribution in [1.29, 1.82) is 0 Å². The molecular formula is C33H41ClN4O4S. The zero-order valence-corrected chi connectivity index (χ0v) is 26.9. The molecule has 0 aliphatic heterocycles. The van der Waals surface area contributed by atoms with Crippen molar-refractivity contribution in [1.82, 2.24) is 14.5 Å². The number of hydrogen-bond donors (Lipinski definition) is 1. The Balaban J connectivity index is 1.77. The number of nitrogens with zero attached hydrogens (tertiary/aromatic N) is 3. The van der Waals surface area contributed by atoms with Crippen molar-refractivity contribution in [3.05, 3.63) is 100 Å². The fraction of sp³-hybridized carbons (Fsp3) is 0.394. The molecule has 0 radical (unpaired) electrons. The maximum absolute atomic E-state index is 14.4. The number of rotatable bonds is 12. The Morgan fingerprint density at radius 2 is 1.58 bits per heavy atom. The van der Waals surface area contributed by atoms with Gasteiger partial charge in [-0.2, -0.15) is 12.7 Å². The van der Waals surface area contributed by atoms with Gasteiger partial charge in [-0.3, -0.25) is 9.59 Å². The monoisotopic (exact) mass is 624 g/mol. The van der Waals surface area contributed by atoms with Crippen molar-refractivity contribution < 1.29 is 18.0 Å². The number of hydrogen-bond acceptors (Lipinski definition) is 4. The van der Waals surface area contributed by atoms with Crippen molar-refractivity contribution in [2.45, 2.75) is 64.6 Å². The summed E-state index contributed by atoms with van der Waals surface area (Å²) in [6, 6.07) is 21.4. The molecule has 1 atom stereocenters. The van der Waals surface area contributed by atoms with Gasteiger partial charge in [0.05, 0.1) is 5.69 Å². The summed E-state index contributed by atoms with van der Waals surface area (Å²) < 4.78 is 29.6. The number of nitrogens with one attached hydrogen (secondary N) is 1. The van der Waals surface area contributed by atoms with Crippen molar-refractivity contribution in [3.8, 4) is 0 Å². The van der Waals surface area contributed by atoms with E-state index in [9.17, 15) is 18.0 Å². The molecule has 0 unspecified atom stereocenters. The number of benzene rings is 3. The van der Waals surface area contributed by atoms with Crippen molar-refractivity contribution in [2.75, 3.05) is 24.9 Å². The second-order valence-corrected chi connectivity index (χ2v) is 13.9. The van der Waals surface area contributed by atoms with E-state index in [1.807, 2.05) is 68.4 Å². The Labute approximate surface area is 260 Å². The number of carbonyl (C=O) groups is 2. The molecule has 43 heavy (non-hydrogen) atoms. The number of anilines is 1. The molecule has 230 valence electrons. The lowest BCUT2D eigenvalue weighted by Crippen LogP contribution is -2.55. The zero-order valence-electron chi connectivity index (χ0n) is 25.3. The molecule has 3 aromatic carbocycles. The maximum Gasteiger partial charge on any atom is 0.304 e. The van der Waals surface area contributed by atoms with E-state index in [-0.39, 0.29) is 24.9 Å². The highest BCUT2D eigenvalue weighted by molar-refractivity contribution is 7.90. The fourth-order valence-corrected chi connectivity index (χ4v) is 6.64. The maximum atomic E-state index is 14.4. The molecule has 1 aliphatic carbocycles. The Morgan fingerprint density at radius 1 is 0.930 bits per heavy atom. The first-order chi connectivity index (χ1) is 20.5. The Bertz CT molecular complexity index is 1510. The summed E-state index contributed by atoms with van der Waals surface area (Å²) in [6.45, 7) is 3.33. The second-order valence-electron chi connectivity index (χ2n) is 11.4. The summed E-state index contributed by atoms with van der Waals surface area (Å²) in [5, 5.41) is 3.74. The van der Waals surface area contributed by atoms with E-state index in [0.29, 0.717) is 16.3 Å². The third kappa shape index (κ3) is 8.37. The molecule has 10 heteroatoms. The fourth-order valence-electron chi connectivity index (χ4n) is 5.40. The molecule has 3 aromatic rings. The molecule has 1 saturated carbocycles. The second kappa shape index (κ2) is 14.4. The van der Waals surface area contributed by atoms with Crippen molar-refractivity contribution in [2.24, 2.45) is 0 Å². The average Bonchev–Trinajstić information content (AvgIpc) is 3.49. The lowest BCUT2D eigenvalue weighted by Gasteiger charge is -2.35. The lowest BCUT2D eigenvalue weighted by atomic mass is 10.0. The first-order valence-corrected chi connectivity index (χ1v) is 16.4. The van der Waals surface area contributed by atoms with Crippen molar-refractivity contribution in [3.63, 3.8) is 0 Å². The first kappa shape index (κ1) is 32.5. The smallest absolute Gasteiger partial charge is 0.304 e.